The van der Waals surface area contributed by atoms with Gasteiger partial charge in [-0.1, -0.05) is 6.92 Å². The van der Waals surface area contributed by atoms with Gasteiger partial charge >= 0.3 is 5.97 Å². The largest absolute Gasteiger partial charge is 0.480 e. The lowest BCUT2D eigenvalue weighted by molar-refractivity contribution is -0.137. The Kier molecular flexibility index (Phi) is 6.91. The Bertz CT molecular complexity index is 500. The molecule has 1 rings (SSSR count). The molecule has 0 aliphatic carbocycles. The van der Waals surface area contributed by atoms with Crippen LogP contribution in [0.15, 0.2) is 16.7 Å². The molecule has 7 heteroatoms. The molecule has 0 saturated carbocycles. The minimum Gasteiger partial charge on any atom is -0.480 e. The third kappa shape index (κ3) is 5.51. The fraction of sp³-hybridized carbons (Fsp3) is 0.571. The number of amides is 1. The van der Waals surface area contributed by atoms with Gasteiger partial charge in [-0.15, -0.1) is 0 Å². The van der Waals surface area contributed by atoms with E-state index in [2.05, 4.69) is 15.9 Å². The molecule has 21 heavy (non-hydrogen) atoms. The van der Waals surface area contributed by atoms with Gasteiger partial charge in [0.15, 0.2) is 0 Å². The fourth-order valence-corrected chi connectivity index (χ4v) is 2.44. The Balaban J connectivity index is 2.95. The molecule has 0 aromatic carbocycles. The number of aliphatic carboxylic acids is 1. The number of rotatable bonds is 8. The van der Waals surface area contributed by atoms with Gasteiger partial charge in [-0.05, 0) is 42.5 Å². The zero-order chi connectivity index (χ0) is 16.0. The van der Waals surface area contributed by atoms with Crippen LogP contribution in [-0.4, -0.2) is 65.1 Å². The summed E-state index contributed by atoms with van der Waals surface area (Å²) in [5.41, 5.74) is 0.517. The van der Waals surface area contributed by atoms with E-state index in [1.165, 1.54) is 4.90 Å². The summed E-state index contributed by atoms with van der Waals surface area (Å²) in [5, 5.41) is 9.00. The standard InChI is InChI=1S/C14H22BrN3O3/c1-4-5-17-9-11(15)8-12(17)14(21)18(10-13(19)20)7-6-16(2)3/h8-9H,4-7,10H2,1-3H3,(H,19,20). The maximum atomic E-state index is 12.6. The van der Waals surface area contributed by atoms with Crippen molar-refractivity contribution in [3.63, 3.8) is 0 Å². The number of carboxylic acids is 1. The molecule has 1 N–H and O–H groups in total. The first-order valence-corrected chi connectivity index (χ1v) is 7.66. The molecule has 0 radical (unpaired) electrons. The highest BCUT2D eigenvalue weighted by molar-refractivity contribution is 9.10. The quantitative estimate of drug-likeness (QED) is 0.767. The van der Waals surface area contributed by atoms with Gasteiger partial charge in [-0.25, -0.2) is 0 Å². The van der Waals surface area contributed by atoms with E-state index in [-0.39, 0.29) is 12.5 Å². The monoisotopic (exact) mass is 359 g/mol. The Morgan fingerprint density at radius 1 is 1.33 bits per heavy atom. The Morgan fingerprint density at radius 2 is 2.00 bits per heavy atom. The lowest BCUT2D eigenvalue weighted by atomic mass is 10.3. The molecule has 0 bridgehead atoms. The van der Waals surface area contributed by atoms with Gasteiger partial charge < -0.3 is 19.5 Å². The first-order chi connectivity index (χ1) is 9.85. The van der Waals surface area contributed by atoms with Gasteiger partial charge in [0.25, 0.3) is 5.91 Å². The van der Waals surface area contributed by atoms with Crippen LogP contribution in [0, 0.1) is 0 Å². The van der Waals surface area contributed by atoms with E-state index in [0.717, 1.165) is 17.4 Å². The topological polar surface area (TPSA) is 65.8 Å². The molecule has 0 aliphatic rings. The molecule has 1 heterocycles. The molecule has 0 spiro atoms. The third-order valence-corrected chi connectivity index (χ3v) is 3.41. The highest BCUT2D eigenvalue weighted by atomic mass is 79.9. The third-order valence-electron chi connectivity index (χ3n) is 2.98. The van der Waals surface area contributed by atoms with Crippen molar-refractivity contribution in [3.8, 4) is 0 Å². The van der Waals surface area contributed by atoms with Gasteiger partial charge in [-0.3, -0.25) is 9.59 Å². The second-order valence-corrected chi connectivity index (χ2v) is 6.08. The molecular weight excluding hydrogens is 338 g/mol. The molecule has 1 aromatic rings. The predicted octanol–water partition coefficient (Wildman–Crippen LogP) is 1.75. The zero-order valence-electron chi connectivity index (χ0n) is 12.7. The predicted molar refractivity (Wildman–Crippen MR) is 84.5 cm³/mol. The number of aromatic nitrogens is 1. The number of halogens is 1. The second kappa shape index (κ2) is 8.19. The highest BCUT2D eigenvalue weighted by Gasteiger charge is 2.22. The van der Waals surface area contributed by atoms with Crippen LogP contribution in [0.1, 0.15) is 23.8 Å². The lowest BCUT2D eigenvalue weighted by Gasteiger charge is -2.23. The Morgan fingerprint density at radius 3 is 2.52 bits per heavy atom. The molecular formula is C14H22BrN3O3. The van der Waals surface area contributed by atoms with Crippen molar-refractivity contribution < 1.29 is 14.7 Å². The van der Waals surface area contributed by atoms with Crippen molar-refractivity contribution in [2.24, 2.45) is 0 Å². The number of nitrogens with zero attached hydrogens (tertiary/aromatic N) is 3. The number of likely N-dealkylation sites (N-methyl/N-ethyl adjacent to an activating group) is 1. The number of hydrogen-bond acceptors (Lipinski definition) is 3. The molecule has 118 valence electrons. The van der Waals surface area contributed by atoms with Gasteiger partial charge in [-0.2, -0.15) is 0 Å². The average Bonchev–Trinajstić information content (AvgIpc) is 2.74. The van der Waals surface area contributed by atoms with E-state index >= 15 is 0 Å². The smallest absolute Gasteiger partial charge is 0.323 e. The van der Waals surface area contributed by atoms with Crippen molar-refractivity contribution in [2.45, 2.75) is 19.9 Å². The molecule has 1 amide bonds. The summed E-state index contributed by atoms with van der Waals surface area (Å²) >= 11 is 3.37. The van der Waals surface area contributed by atoms with Crippen molar-refractivity contribution in [2.75, 3.05) is 33.7 Å². The van der Waals surface area contributed by atoms with Gasteiger partial charge in [0.1, 0.15) is 12.2 Å². The van der Waals surface area contributed by atoms with E-state index in [1.807, 2.05) is 36.7 Å². The first-order valence-electron chi connectivity index (χ1n) is 6.86. The van der Waals surface area contributed by atoms with Crippen LogP contribution < -0.4 is 0 Å². The molecule has 1 aromatic heterocycles. The van der Waals surface area contributed by atoms with Crippen LogP contribution >= 0.6 is 15.9 Å². The van der Waals surface area contributed by atoms with E-state index < -0.39 is 5.97 Å². The highest BCUT2D eigenvalue weighted by Crippen LogP contribution is 2.17. The van der Waals surface area contributed by atoms with Gasteiger partial charge in [0.05, 0.1) is 0 Å². The van der Waals surface area contributed by atoms with Crippen molar-refractivity contribution in [3.05, 3.63) is 22.4 Å². The van der Waals surface area contributed by atoms with Crippen LogP contribution in [0.25, 0.3) is 0 Å². The van der Waals surface area contributed by atoms with Crippen LogP contribution in [0.4, 0.5) is 0 Å². The Labute approximate surface area is 133 Å². The van der Waals surface area contributed by atoms with Crippen molar-refractivity contribution in [1.29, 1.82) is 0 Å². The summed E-state index contributed by atoms with van der Waals surface area (Å²) in [6.07, 6.45) is 2.75. The average molecular weight is 360 g/mol. The molecule has 0 atom stereocenters. The molecule has 0 aliphatic heterocycles. The summed E-state index contributed by atoms with van der Waals surface area (Å²) in [6, 6.07) is 1.74. The number of aryl methyl sites for hydroxylation is 1. The number of hydrogen-bond donors (Lipinski definition) is 1. The summed E-state index contributed by atoms with van der Waals surface area (Å²) in [7, 11) is 3.78. The zero-order valence-corrected chi connectivity index (χ0v) is 14.3. The molecule has 0 unspecified atom stereocenters. The van der Waals surface area contributed by atoms with Crippen LogP contribution in [-0.2, 0) is 11.3 Å². The maximum Gasteiger partial charge on any atom is 0.323 e. The van der Waals surface area contributed by atoms with Crippen molar-refractivity contribution >= 4 is 27.8 Å². The summed E-state index contributed by atoms with van der Waals surface area (Å²) < 4.78 is 2.68. The van der Waals surface area contributed by atoms with Crippen molar-refractivity contribution in [1.82, 2.24) is 14.4 Å². The van der Waals surface area contributed by atoms with Gasteiger partial charge in [0, 0.05) is 30.3 Å². The van der Waals surface area contributed by atoms with E-state index in [9.17, 15) is 9.59 Å². The normalized spacial score (nSPS) is 10.9. The SMILES string of the molecule is CCCn1cc(Br)cc1C(=O)N(CCN(C)C)CC(=O)O. The maximum absolute atomic E-state index is 12.6. The van der Waals surface area contributed by atoms with E-state index in [4.69, 9.17) is 5.11 Å². The summed E-state index contributed by atoms with van der Waals surface area (Å²) in [6.45, 7) is 3.47. The fourth-order valence-electron chi connectivity index (χ4n) is 1.98. The van der Waals surface area contributed by atoms with Gasteiger partial charge in [0.2, 0.25) is 0 Å². The summed E-state index contributed by atoms with van der Waals surface area (Å²) in [4.78, 5) is 26.9. The number of carbonyl (C=O) groups is 2. The number of carbonyl (C=O) groups excluding carboxylic acids is 1. The summed E-state index contributed by atoms with van der Waals surface area (Å²) in [5.74, 6) is -1.26. The number of carboxylic acid groups (broad SMARTS) is 1. The molecule has 0 fully saturated rings. The minimum atomic E-state index is -1.00. The Hall–Kier alpha value is -1.34. The lowest BCUT2D eigenvalue weighted by Crippen LogP contribution is -2.40. The second-order valence-electron chi connectivity index (χ2n) is 5.16. The van der Waals surface area contributed by atoms with E-state index in [0.29, 0.717) is 18.8 Å². The van der Waals surface area contributed by atoms with E-state index in [1.54, 1.807) is 6.07 Å². The minimum absolute atomic E-state index is 0.251. The van der Waals surface area contributed by atoms with Crippen LogP contribution in [0.5, 0.6) is 0 Å². The van der Waals surface area contributed by atoms with Crippen LogP contribution in [0.2, 0.25) is 0 Å². The molecule has 0 saturated heterocycles. The molecule has 6 nitrogen and oxygen atoms in total. The van der Waals surface area contributed by atoms with Crippen LogP contribution in [0.3, 0.4) is 0 Å². The first kappa shape index (κ1) is 17.7.